The van der Waals surface area contributed by atoms with Gasteiger partial charge in [-0.1, -0.05) is 17.7 Å². The number of halogens is 2. The maximum Gasteiger partial charge on any atom is 0.259 e. The van der Waals surface area contributed by atoms with Crippen molar-refractivity contribution >= 4 is 34.8 Å². The Morgan fingerprint density at radius 3 is 2.69 bits per heavy atom. The Morgan fingerprint density at radius 1 is 1.19 bits per heavy atom. The smallest absolute Gasteiger partial charge is 0.259 e. The van der Waals surface area contributed by atoms with E-state index in [9.17, 15) is 14.0 Å². The Morgan fingerprint density at radius 2 is 1.96 bits per heavy atom. The lowest BCUT2D eigenvalue weighted by atomic mass is 10.3. The summed E-state index contributed by atoms with van der Waals surface area (Å²) >= 11 is 5.79. The number of nitrogens with one attached hydrogen (secondary N) is 2. The zero-order valence-corrected chi connectivity index (χ0v) is 15.1. The Bertz CT molecular complexity index is 799. The van der Waals surface area contributed by atoms with Crippen LogP contribution in [0.15, 0.2) is 42.5 Å². The number of carbonyl (C=O) groups excluding carboxylic acids is 2. The summed E-state index contributed by atoms with van der Waals surface area (Å²) in [4.78, 5) is 24.9. The summed E-state index contributed by atoms with van der Waals surface area (Å²) in [5, 5.41) is 5.68. The SMILES string of the molecule is CN(C)C(=O)COc1cccc(NCC(=O)Nc2cc(Cl)ccc2F)c1. The predicted molar refractivity (Wildman–Crippen MR) is 99.2 cm³/mol. The molecule has 26 heavy (non-hydrogen) atoms. The second kappa shape index (κ2) is 9.05. The lowest BCUT2D eigenvalue weighted by molar-refractivity contribution is -0.130. The summed E-state index contributed by atoms with van der Waals surface area (Å²) in [6, 6.07) is 10.8. The van der Waals surface area contributed by atoms with E-state index in [2.05, 4.69) is 10.6 Å². The number of rotatable bonds is 7. The molecule has 0 radical (unpaired) electrons. The van der Waals surface area contributed by atoms with E-state index in [-0.39, 0.29) is 24.7 Å². The van der Waals surface area contributed by atoms with E-state index in [0.717, 1.165) is 0 Å². The third kappa shape index (κ3) is 5.93. The van der Waals surface area contributed by atoms with Gasteiger partial charge in [-0.25, -0.2) is 4.39 Å². The number of nitrogens with zero attached hydrogens (tertiary/aromatic N) is 1. The minimum absolute atomic E-state index is 0.0172. The van der Waals surface area contributed by atoms with Crippen LogP contribution in [-0.2, 0) is 9.59 Å². The Balaban J connectivity index is 1.88. The summed E-state index contributed by atoms with van der Waals surface area (Å²) in [6.45, 7) is -0.156. The van der Waals surface area contributed by atoms with Crippen molar-refractivity contribution in [3.63, 3.8) is 0 Å². The van der Waals surface area contributed by atoms with Crippen LogP contribution >= 0.6 is 11.6 Å². The average Bonchev–Trinajstić information content (AvgIpc) is 2.61. The summed E-state index contributed by atoms with van der Waals surface area (Å²) in [7, 11) is 3.29. The molecule has 0 aliphatic heterocycles. The minimum Gasteiger partial charge on any atom is -0.484 e. The van der Waals surface area contributed by atoms with Crippen LogP contribution in [0.3, 0.4) is 0 Å². The highest BCUT2D eigenvalue weighted by Crippen LogP contribution is 2.20. The van der Waals surface area contributed by atoms with Crippen molar-refractivity contribution in [2.75, 3.05) is 37.9 Å². The first kappa shape index (κ1) is 19.5. The van der Waals surface area contributed by atoms with Crippen molar-refractivity contribution in [1.82, 2.24) is 4.90 Å². The molecule has 0 aliphatic carbocycles. The summed E-state index contributed by atoms with van der Waals surface area (Å²) in [5.74, 6) is -0.665. The minimum atomic E-state index is -0.566. The highest BCUT2D eigenvalue weighted by Gasteiger charge is 2.09. The van der Waals surface area contributed by atoms with Gasteiger partial charge in [-0.15, -0.1) is 0 Å². The molecule has 2 aromatic carbocycles. The Labute approximate surface area is 155 Å². The first-order valence-electron chi connectivity index (χ1n) is 7.77. The molecule has 0 bridgehead atoms. The molecular formula is C18H19ClFN3O3. The van der Waals surface area contributed by atoms with Crippen molar-refractivity contribution in [2.45, 2.75) is 0 Å². The Hall–Kier alpha value is -2.80. The van der Waals surface area contributed by atoms with E-state index in [1.807, 2.05) is 0 Å². The number of benzene rings is 2. The summed E-state index contributed by atoms with van der Waals surface area (Å²) < 4.78 is 19.0. The molecular weight excluding hydrogens is 361 g/mol. The molecule has 0 aliphatic rings. The number of carbonyl (C=O) groups is 2. The van der Waals surface area contributed by atoms with Crippen LogP contribution in [-0.4, -0.2) is 44.0 Å². The largest absolute Gasteiger partial charge is 0.484 e. The second-order valence-electron chi connectivity index (χ2n) is 5.63. The van der Waals surface area contributed by atoms with Crippen LogP contribution in [0.25, 0.3) is 0 Å². The van der Waals surface area contributed by atoms with E-state index in [0.29, 0.717) is 16.5 Å². The molecule has 8 heteroatoms. The maximum atomic E-state index is 13.6. The van der Waals surface area contributed by atoms with E-state index < -0.39 is 11.7 Å². The molecule has 0 aromatic heterocycles. The van der Waals surface area contributed by atoms with Crippen LogP contribution in [0.5, 0.6) is 5.75 Å². The van der Waals surface area contributed by atoms with Crippen molar-refractivity contribution in [3.8, 4) is 5.75 Å². The molecule has 2 rings (SSSR count). The van der Waals surface area contributed by atoms with Crippen molar-refractivity contribution in [2.24, 2.45) is 0 Å². The highest BCUT2D eigenvalue weighted by molar-refractivity contribution is 6.30. The molecule has 2 N–H and O–H groups in total. The second-order valence-corrected chi connectivity index (χ2v) is 6.07. The Kier molecular flexibility index (Phi) is 6.80. The van der Waals surface area contributed by atoms with Gasteiger partial charge in [-0.2, -0.15) is 0 Å². The normalized spacial score (nSPS) is 10.2. The average molecular weight is 380 g/mol. The fourth-order valence-electron chi connectivity index (χ4n) is 1.94. The third-order valence-electron chi connectivity index (χ3n) is 3.35. The monoisotopic (exact) mass is 379 g/mol. The zero-order chi connectivity index (χ0) is 19.1. The van der Waals surface area contributed by atoms with Gasteiger partial charge in [-0.3, -0.25) is 9.59 Å². The van der Waals surface area contributed by atoms with Gasteiger partial charge in [0.25, 0.3) is 5.91 Å². The number of ether oxygens (including phenoxy) is 1. The predicted octanol–water partition coefficient (Wildman–Crippen LogP) is 3.00. The molecule has 2 aromatic rings. The maximum absolute atomic E-state index is 13.6. The lowest BCUT2D eigenvalue weighted by Gasteiger charge is -2.12. The first-order chi connectivity index (χ1) is 12.3. The van der Waals surface area contributed by atoms with Crippen LogP contribution in [0, 0.1) is 5.82 Å². The number of likely N-dealkylation sites (N-methyl/N-ethyl adjacent to an activating group) is 1. The van der Waals surface area contributed by atoms with Crippen molar-refractivity contribution in [1.29, 1.82) is 0 Å². The number of hydrogen-bond donors (Lipinski definition) is 2. The molecule has 138 valence electrons. The van der Waals surface area contributed by atoms with Crippen LogP contribution in [0.1, 0.15) is 0 Å². The van der Waals surface area contributed by atoms with Gasteiger partial charge in [0.15, 0.2) is 6.61 Å². The summed E-state index contributed by atoms with van der Waals surface area (Å²) in [5.41, 5.74) is 0.644. The van der Waals surface area contributed by atoms with Crippen molar-refractivity contribution < 1.29 is 18.7 Å². The van der Waals surface area contributed by atoms with Gasteiger partial charge < -0.3 is 20.3 Å². The van der Waals surface area contributed by atoms with E-state index >= 15 is 0 Å². The van der Waals surface area contributed by atoms with Gasteiger partial charge in [0, 0.05) is 30.9 Å². The van der Waals surface area contributed by atoms with Gasteiger partial charge in [-0.05, 0) is 30.3 Å². The van der Waals surface area contributed by atoms with Gasteiger partial charge in [0.1, 0.15) is 11.6 Å². The number of amides is 2. The highest BCUT2D eigenvalue weighted by atomic mass is 35.5. The van der Waals surface area contributed by atoms with Gasteiger partial charge in [0.05, 0.1) is 12.2 Å². The van der Waals surface area contributed by atoms with Crippen LogP contribution < -0.4 is 15.4 Å². The molecule has 6 nitrogen and oxygen atoms in total. The molecule has 0 fully saturated rings. The standard InChI is InChI=1S/C18H19ClFN3O3/c1-23(2)18(25)11-26-14-5-3-4-13(9-14)21-10-17(24)22-16-8-12(19)6-7-15(16)20/h3-9,21H,10-11H2,1-2H3,(H,22,24). The quantitative estimate of drug-likeness (QED) is 0.775. The van der Waals surface area contributed by atoms with E-state index in [1.54, 1.807) is 38.4 Å². The van der Waals surface area contributed by atoms with Gasteiger partial charge >= 0.3 is 0 Å². The molecule has 0 spiro atoms. The van der Waals surface area contributed by atoms with E-state index in [1.165, 1.54) is 23.1 Å². The fourth-order valence-corrected chi connectivity index (χ4v) is 2.11. The molecule has 0 atom stereocenters. The third-order valence-corrected chi connectivity index (χ3v) is 3.59. The first-order valence-corrected chi connectivity index (χ1v) is 8.15. The van der Waals surface area contributed by atoms with Crippen LogP contribution in [0.2, 0.25) is 5.02 Å². The number of anilines is 2. The molecule has 0 saturated heterocycles. The fraction of sp³-hybridized carbons (Fsp3) is 0.222. The van der Waals surface area contributed by atoms with Gasteiger partial charge in [0.2, 0.25) is 5.91 Å². The molecule has 2 amide bonds. The lowest BCUT2D eigenvalue weighted by Crippen LogP contribution is -2.27. The van der Waals surface area contributed by atoms with E-state index in [4.69, 9.17) is 16.3 Å². The molecule has 0 heterocycles. The topological polar surface area (TPSA) is 70.7 Å². The number of hydrogen-bond acceptors (Lipinski definition) is 4. The zero-order valence-electron chi connectivity index (χ0n) is 14.4. The van der Waals surface area contributed by atoms with Crippen molar-refractivity contribution in [3.05, 3.63) is 53.3 Å². The molecule has 0 saturated carbocycles. The van der Waals surface area contributed by atoms with Crippen LogP contribution in [0.4, 0.5) is 15.8 Å². The molecule has 0 unspecified atom stereocenters. The summed E-state index contributed by atoms with van der Waals surface area (Å²) in [6.07, 6.45) is 0.